The second kappa shape index (κ2) is 10.8. The number of rotatable bonds is 8. The molecule has 3 aliphatic carbocycles. The number of benzene rings is 2. The Labute approximate surface area is 218 Å². The zero-order chi connectivity index (χ0) is 25.2. The van der Waals surface area contributed by atoms with Gasteiger partial charge in [0.05, 0.1) is 10.8 Å². The number of aryl methyl sites for hydroxylation is 2. The summed E-state index contributed by atoms with van der Waals surface area (Å²) in [5.74, 6) is 1.23. The Morgan fingerprint density at radius 1 is 0.667 bits per heavy atom. The Hall–Kier alpha value is -1.96. The van der Waals surface area contributed by atoms with E-state index in [1.54, 1.807) is 0 Å². The van der Waals surface area contributed by atoms with Crippen molar-refractivity contribution in [3.8, 4) is 0 Å². The van der Waals surface area contributed by atoms with Gasteiger partial charge in [0.25, 0.3) is 0 Å². The number of hydrogen-bond donors (Lipinski definition) is 0. The van der Waals surface area contributed by atoms with Crippen molar-refractivity contribution in [2.24, 2.45) is 10.8 Å². The van der Waals surface area contributed by atoms with Gasteiger partial charge in [0.15, 0.2) is 5.78 Å². The Bertz CT molecular complexity index is 923. The van der Waals surface area contributed by atoms with Crippen molar-refractivity contribution in [3.05, 3.63) is 70.8 Å². The lowest BCUT2D eigenvalue weighted by molar-refractivity contribution is -0.191. The highest BCUT2D eigenvalue weighted by Crippen LogP contribution is 2.66. The topological polar surface area (TPSA) is 17.1 Å². The van der Waals surface area contributed by atoms with E-state index in [9.17, 15) is 4.79 Å². The monoisotopic (exact) mass is 488 g/mol. The van der Waals surface area contributed by atoms with Gasteiger partial charge in [-0.05, 0) is 111 Å². The number of unbranched alkanes of at least 4 members (excludes halogenated alkanes) is 2. The van der Waals surface area contributed by atoms with Crippen molar-refractivity contribution < 1.29 is 9.18 Å². The number of ketones is 1. The number of Topliss-reactive ketones (excluding diaryl/α,β-unsaturated/α-hetero) is 1. The molecule has 0 N–H and O–H groups in total. The van der Waals surface area contributed by atoms with E-state index in [4.69, 9.17) is 0 Å². The van der Waals surface area contributed by atoms with Crippen molar-refractivity contribution in [1.82, 2.24) is 0 Å². The summed E-state index contributed by atoms with van der Waals surface area (Å²) in [6, 6.07) is 18.2. The number of hydrogen-bond acceptors (Lipinski definition) is 1. The standard InChI is InChI=1S/C34H45FO/c1-3-5-7-25-9-13-27(14-10-25)29-17-21-33(22-18-29)31(35)34(32(33)36)23-19-30(20-24-34)28-15-11-26(12-16-28)8-6-4-2/h9-16,29-31H,3-8,17-24H2,1-2H3. The smallest absolute Gasteiger partial charge is 0.151 e. The van der Waals surface area contributed by atoms with E-state index in [-0.39, 0.29) is 5.78 Å². The number of carbonyl (C=O) groups is 1. The molecule has 36 heavy (non-hydrogen) atoms. The fourth-order valence-corrected chi connectivity index (χ4v) is 7.75. The van der Waals surface area contributed by atoms with Gasteiger partial charge < -0.3 is 0 Å². The third-order valence-electron chi connectivity index (χ3n) is 10.2. The van der Waals surface area contributed by atoms with Gasteiger partial charge >= 0.3 is 0 Å². The molecule has 0 heterocycles. The SMILES string of the molecule is CCCCc1ccc(C2CCC3(CC2)C(=O)C2(CCC(c4ccc(CCCC)cc4)CC2)C3F)cc1. The minimum absolute atomic E-state index is 0.282. The van der Waals surface area contributed by atoms with Crippen LogP contribution in [-0.4, -0.2) is 12.0 Å². The normalized spacial score (nSPS) is 32.1. The summed E-state index contributed by atoms with van der Waals surface area (Å²) in [5, 5.41) is 0. The summed E-state index contributed by atoms with van der Waals surface area (Å²) >= 11 is 0. The Balaban J connectivity index is 1.16. The molecular formula is C34H45FO. The van der Waals surface area contributed by atoms with Crippen LogP contribution in [0.3, 0.4) is 0 Å². The molecule has 2 heteroatoms. The maximum absolute atomic E-state index is 16.0. The predicted octanol–water partition coefficient (Wildman–Crippen LogP) is 9.28. The van der Waals surface area contributed by atoms with Crippen LogP contribution in [0.1, 0.15) is 125 Å². The molecule has 0 saturated heterocycles. The molecule has 2 aromatic carbocycles. The second-order valence-corrected chi connectivity index (χ2v) is 12.2. The van der Waals surface area contributed by atoms with E-state index in [0.717, 1.165) is 64.2 Å². The van der Waals surface area contributed by atoms with Gasteiger partial charge in [-0.1, -0.05) is 75.2 Å². The van der Waals surface area contributed by atoms with Gasteiger partial charge in [-0.25, -0.2) is 4.39 Å². The van der Waals surface area contributed by atoms with Gasteiger partial charge in [0.2, 0.25) is 0 Å². The van der Waals surface area contributed by atoms with E-state index in [2.05, 4.69) is 62.4 Å². The van der Waals surface area contributed by atoms with Crippen LogP contribution in [0.4, 0.5) is 4.39 Å². The first-order valence-electron chi connectivity index (χ1n) is 14.9. The molecule has 0 bridgehead atoms. The first-order valence-corrected chi connectivity index (χ1v) is 14.9. The Morgan fingerprint density at radius 3 is 1.33 bits per heavy atom. The maximum atomic E-state index is 16.0. The second-order valence-electron chi connectivity index (χ2n) is 12.2. The fraction of sp³-hybridized carbons (Fsp3) is 0.618. The lowest BCUT2D eigenvalue weighted by Crippen LogP contribution is -2.69. The van der Waals surface area contributed by atoms with Crippen LogP contribution in [-0.2, 0) is 17.6 Å². The van der Waals surface area contributed by atoms with Crippen LogP contribution in [0.15, 0.2) is 48.5 Å². The summed E-state index contributed by atoms with van der Waals surface area (Å²) in [7, 11) is 0. The molecular weight excluding hydrogens is 443 g/mol. The molecule has 0 aromatic heterocycles. The van der Waals surface area contributed by atoms with Crippen molar-refractivity contribution in [1.29, 1.82) is 0 Å². The summed E-state index contributed by atoms with van der Waals surface area (Å²) in [4.78, 5) is 13.7. The number of halogens is 1. The van der Waals surface area contributed by atoms with Crippen LogP contribution in [0, 0.1) is 10.8 Å². The fourth-order valence-electron chi connectivity index (χ4n) is 7.75. The van der Waals surface area contributed by atoms with Gasteiger partial charge in [0, 0.05) is 0 Å². The molecule has 0 atom stereocenters. The first kappa shape index (κ1) is 25.7. The highest BCUT2D eigenvalue weighted by molar-refractivity contribution is 5.98. The maximum Gasteiger partial charge on any atom is 0.151 e. The van der Waals surface area contributed by atoms with Gasteiger partial charge in [-0.15, -0.1) is 0 Å². The van der Waals surface area contributed by atoms with E-state index in [1.165, 1.54) is 47.9 Å². The zero-order valence-electron chi connectivity index (χ0n) is 22.5. The van der Waals surface area contributed by atoms with Crippen molar-refractivity contribution in [3.63, 3.8) is 0 Å². The molecule has 0 radical (unpaired) electrons. The number of alkyl halides is 1. The zero-order valence-corrected chi connectivity index (χ0v) is 22.5. The van der Waals surface area contributed by atoms with E-state index >= 15 is 4.39 Å². The van der Waals surface area contributed by atoms with Crippen molar-refractivity contribution >= 4 is 5.78 Å². The summed E-state index contributed by atoms with van der Waals surface area (Å²) in [5.41, 5.74) is 4.23. The summed E-state index contributed by atoms with van der Waals surface area (Å²) < 4.78 is 16.0. The average molecular weight is 489 g/mol. The molecule has 5 rings (SSSR count). The molecule has 1 nitrogen and oxygen atoms in total. The molecule has 3 fully saturated rings. The third kappa shape index (κ3) is 4.59. The summed E-state index contributed by atoms with van der Waals surface area (Å²) in [6.07, 6.45) is 13.0. The van der Waals surface area contributed by atoms with Crippen LogP contribution in [0.25, 0.3) is 0 Å². The molecule has 3 saturated carbocycles. The molecule has 3 aliphatic rings. The van der Waals surface area contributed by atoms with Crippen LogP contribution < -0.4 is 0 Å². The number of carbonyl (C=O) groups excluding carboxylic acids is 1. The van der Waals surface area contributed by atoms with Crippen LogP contribution in [0.5, 0.6) is 0 Å². The predicted molar refractivity (Wildman–Crippen MR) is 147 cm³/mol. The molecule has 194 valence electrons. The molecule has 0 aliphatic heterocycles. The van der Waals surface area contributed by atoms with E-state index in [1.807, 2.05) is 0 Å². The quantitative estimate of drug-likeness (QED) is 0.362. The summed E-state index contributed by atoms with van der Waals surface area (Å²) in [6.45, 7) is 4.46. The molecule has 2 spiro atoms. The molecule has 0 amide bonds. The van der Waals surface area contributed by atoms with Crippen LogP contribution >= 0.6 is 0 Å². The minimum atomic E-state index is -0.938. The lowest BCUT2D eigenvalue weighted by Gasteiger charge is -2.61. The van der Waals surface area contributed by atoms with Gasteiger partial charge in [-0.2, -0.15) is 0 Å². The Kier molecular flexibility index (Phi) is 7.70. The highest BCUT2D eigenvalue weighted by atomic mass is 19.1. The van der Waals surface area contributed by atoms with Gasteiger partial charge in [0.1, 0.15) is 6.17 Å². The highest BCUT2D eigenvalue weighted by Gasteiger charge is 2.71. The van der Waals surface area contributed by atoms with Crippen LogP contribution in [0.2, 0.25) is 0 Å². The third-order valence-corrected chi connectivity index (χ3v) is 10.2. The van der Waals surface area contributed by atoms with Gasteiger partial charge in [-0.3, -0.25) is 4.79 Å². The van der Waals surface area contributed by atoms with E-state index in [0.29, 0.717) is 11.8 Å². The molecule has 0 unspecified atom stereocenters. The first-order chi connectivity index (χ1) is 17.5. The largest absolute Gasteiger partial charge is 0.298 e. The average Bonchev–Trinajstić information content (AvgIpc) is 2.95. The van der Waals surface area contributed by atoms with E-state index < -0.39 is 17.0 Å². The molecule has 2 aromatic rings. The van der Waals surface area contributed by atoms with Crippen molar-refractivity contribution in [2.45, 2.75) is 122 Å². The Morgan fingerprint density at radius 2 is 1.03 bits per heavy atom. The minimum Gasteiger partial charge on any atom is -0.298 e. The lowest BCUT2D eigenvalue weighted by atomic mass is 9.41. The van der Waals surface area contributed by atoms with Crippen molar-refractivity contribution in [2.75, 3.05) is 0 Å².